The summed E-state index contributed by atoms with van der Waals surface area (Å²) in [6.45, 7) is 5.51. The summed E-state index contributed by atoms with van der Waals surface area (Å²) in [6, 6.07) is 21.2. The number of sulfonamides is 1. The highest BCUT2D eigenvalue weighted by Gasteiger charge is 2.33. The fourth-order valence-corrected chi connectivity index (χ4v) is 5.70. The van der Waals surface area contributed by atoms with Gasteiger partial charge in [-0.05, 0) is 55.7 Å². The molecule has 9 heteroatoms. The lowest BCUT2D eigenvalue weighted by molar-refractivity contribution is -0.139. The average Bonchev–Trinajstić information content (AvgIpc) is 2.91. The molecule has 0 heterocycles. The molecule has 0 aliphatic rings. The van der Waals surface area contributed by atoms with E-state index >= 15 is 0 Å². The van der Waals surface area contributed by atoms with E-state index in [1.807, 2.05) is 6.92 Å². The monoisotopic (exact) mass is 555 g/mol. The highest BCUT2D eigenvalue weighted by atomic mass is 35.5. The zero-order valence-corrected chi connectivity index (χ0v) is 23.5. The van der Waals surface area contributed by atoms with Crippen LogP contribution in [-0.2, 0) is 26.2 Å². The number of rotatable bonds is 12. The molecule has 202 valence electrons. The van der Waals surface area contributed by atoms with Gasteiger partial charge in [0, 0.05) is 18.1 Å². The lowest BCUT2D eigenvalue weighted by atomic mass is 10.1. The van der Waals surface area contributed by atoms with Crippen molar-refractivity contribution in [2.24, 2.45) is 0 Å². The number of halogens is 1. The quantitative estimate of drug-likeness (QED) is 0.312. The van der Waals surface area contributed by atoms with Gasteiger partial charge in [-0.3, -0.25) is 13.9 Å². The molecule has 0 saturated carbocycles. The molecular formula is C29H34ClN3O4S. The first kappa shape index (κ1) is 29.2. The van der Waals surface area contributed by atoms with Gasteiger partial charge in [0.25, 0.3) is 10.0 Å². The number of unbranched alkanes of at least 4 members (excludes halogenated alkanes) is 1. The third kappa shape index (κ3) is 7.14. The van der Waals surface area contributed by atoms with Crippen molar-refractivity contribution in [2.75, 3.05) is 17.4 Å². The molecule has 7 nitrogen and oxygen atoms in total. The van der Waals surface area contributed by atoms with Crippen molar-refractivity contribution in [3.63, 3.8) is 0 Å². The number of carbonyl (C=O) groups is 2. The summed E-state index contributed by atoms with van der Waals surface area (Å²) in [5.41, 5.74) is 1.74. The minimum atomic E-state index is -4.09. The number of para-hydroxylation sites is 1. The smallest absolute Gasteiger partial charge is 0.264 e. The molecule has 0 saturated heterocycles. The number of nitrogens with one attached hydrogen (secondary N) is 1. The summed E-state index contributed by atoms with van der Waals surface area (Å²) in [6.07, 6.45) is 1.73. The Morgan fingerprint density at radius 1 is 0.947 bits per heavy atom. The molecule has 0 aromatic heterocycles. The minimum absolute atomic E-state index is 0.0495. The van der Waals surface area contributed by atoms with Crippen LogP contribution in [0.25, 0.3) is 0 Å². The molecule has 1 atom stereocenters. The molecule has 0 spiro atoms. The average molecular weight is 556 g/mol. The number of aryl methyl sites for hydroxylation is 1. The van der Waals surface area contributed by atoms with Crippen molar-refractivity contribution in [1.29, 1.82) is 0 Å². The van der Waals surface area contributed by atoms with Crippen LogP contribution < -0.4 is 9.62 Å². The molecule has 0 bridgehead atoms. The van der Waals surface area contributed by atoms with Gasteiger partial charge < -0.3 is 10.2 Å². The number of carbonyl (C=O) groups excluding carboxylic acids is 2. The van der Waals surface area contributed by atoms with E-state index in [-0.39, 0.29) is 17.3 Å². The van der Waals surface area contributed by atoms with Gasteiger partial charge in [0.2, 0.25) is 11.8 Å². The van der Waals surface area contributed by atoms with Crippen LogP contribution in [0.15, 0.2) is 83.8 Å². The van der Waals surface area contributed by atoms with Gasteiger partial charge in [-0.2, -0.15) is 0 Å². The van der Waals surface area contributed by atoms with E-state index in [9.17, 15) is 18.0 Å². The Balaban J connectivity index is 2.01. The summed E-state index contributed by atoms with van der Waals surface area (Å²) in [5, 5.41) is 3.33. The number of nitrogens with zero attached hydrogens (tertiary/aromatic N) is 2. The van der Waals surface area contributed by atoms with Crippen LogP contribution in [0.3, 0.4) is 0 Å². The van der Waals surface area contributed by atoms with Crippen molar-refractivity contribution >= 4 is 39.1 Å². The number of anilines is 1. The van der Waals surface area contributed by atoms with E-state index < -0.39 is 28.5 Å². The molecule has 1 N–H and O–H groups in total. The molecule has 0 aliphatic carbocycles. The Labute approximate surface area is 230 Å². The zero-order valence-electron chi connectivity index (χ0n) is 21.9. The third-order valence-corrected chi connectivity index (χ3v) is 8.43. The van der Waals surface area contributed by atoms with Gasteiger partial charge in [0.05, 0.1) is 10.6 Å². The van der Waals surface area contributed by atoms with E-state index in [0.29, 0.717) is 28.4 Å². The Kier molecular flexibility index (Phi) is 10.3. The maximum Gasteiger partial charge on any atom is 0.264 e. The summed E-state index contributed by atoms with van der Waals surface area (Å²) >= 11 is 6.39. The predicted molar refractivity (Wildman–Crippen MR) is 152 cm³/mol. The minimum Gasteiger partial charge on any atom is -0.354 e. The van der Waals surface area contributed by atoms with E-state index in [2.05, 4.69) is 5.32 Å². The van der Waals surface area contributed by atoms with Crippen LogP contribution in [0, 0.1) is 6.92 Å². The molecule has 3 aromatic rings. The first-order valence-corrected chi connectivity index (χ1v) is 14.4. The van der Waals surface area contributed by atoms with Crippen molar-refractivity contribution in [3.05, 3.63) is 95.0 Å². The van der Waals surface area contributed by atoms with E-state index in [1.54, 1.807) is 80.6 Å². The lowest BCUT2D eigenvalue weighted by Gasteiger charge is -2.32. The van der Waals surface area contributed by atoms with Crippen LogP contribution in [0.2, 0.25) is 5.02 Å². The molecule has 3 aromatic carbocycles. The molecule has 38 heavy (non-hydrogen) atoms. The standard InChI is InChI=1S/C29H34ClN3O4S/c1-4-5-19-31-29(35)23(3)32(20-24-14-10-11-17-26(24)30)28(34)21-33(27-18-12-9-13-22(27)2)38(36,37)25-15-7-6-8-16-25/h6-18,23H,4-5,19-21H2,1-3H3,(H,31,35)/t23-/m1/s1. The fourth-order valence-electron chi connectivity index (χ4n) is 4.01. The van der Waals surface area contributed by atoms with Gasteiger partial charge in [-0.1, -0.05) is 79.5 Å². The summed E-state index contributed by atoms with van der Waals surface area (Å²) in [7, 11) is -4.09. The normalized spacial score (nSPS) is 12.0. The van der Waals surface area contributed by atoms with Crippen LogP contribution >= 0.6 is 11.6 Å². The first-order valence-electron chi connectivity index (χ1n) is 12.6. The predicted octanol–water partition coefficient (Wildman–Crippen LogP) is 5.18. The Morgan fingerprint density at radius 2 is 1.58 bits per heavy atom. The zero-order chi connectivity index (χ0) is 27.7. The van der Waals surface area contributed by atoms with Gasteiger partial charge in [0.1, 0.15) is 12.6 Å². The SMILES string of the molecule is CCCCNC(=O)[C@@H](C)N(Cc1ccccc1Cl)C(=O)CN(c1ccccc1C)S(=O)(=O)c1ccccc1. The van der Waals surface area contributed by atoms with Crippen LogP contribution in [0.5, 0.6) is 0 Å². The van der Waals surface area contributed by atoms with E-state index in [4.69, 9.17) is 11.6 Å². The largest absolute Gasteiger partial charge is 0.354 e. The summed E-state index contributed by atoms with van der Waals surface area (Å²) in [4.78, 5) is 28.4. The fraction of sp³-hybridized carbons (Fsp3) is 0.310. The molecule has 3 rings (SSSR count). The maximum atomic E-state index is 13.9. The highest BCUT2D eigenvalue weighted by molar-refractivity contribution is 7.92. The first-order chi connectivity index (χ1) is 18.2. The number of benzene rings is 3. The van der Waals surface area contributed by atoms with Crippen molar-refractivity contribution in [3.8, 4) is 0 Å². The Bertz CT molecular complexity index is 1350. The summed E-state index contributed by atoms with van der Waals surface area (Å²) < 4.78 is 28.7. The molecule has 0 radical (unpaired) electrons. The third-order valence-electron chi connectivity index (χ3n) is 6.29. The second kappa shape index (κ2) is 13.4. The second-order valence-electron chi connectivity index (χ2n) is 9.04. The number of amides is 2. The molecule has 0 fully saturated rings. The Morgan fingerprint density at radius 3 is 2.24 bits per heavy atom. The highest BCUT2D eigenvalue weighted by Crippen LogP contribution is 2.27. The molecule has 0 unspecified atom stereocenters. The van der Waals surface area contributed by atoms with Crippen molar-refractivity contribution in [1.82, 2.24) is 10.2 Å². The van der Waals surface area contributed by atoms with Crippen LogP contribution in [0.4, 0.5) is 5.69 Å². The van der Waals surface area contributed by atoms with Gasteiger partial charge in [0.15, 0.2) is 0 Å². The van der Waals surface area contributed by atoms with E-state index in [0.717, 1.165) is 17.1 Å². The maximum absolute atomic E-state index is 13.9. The van der Waals surface area contributed by atoms with Crippen molar-refractivity contribution in [2.45, 2.75) is 51.1 Å². The lowest BCUT2D eigenvalue weighted by Crippen LogP contribution is -2.51. The van der Waals surface area contributed by atoms with Crippen LogP contribution in [0.1, 0.15) is 37.8 Å². The second-order valence-corrected chi connectivity index (χ2v) is 11.3. The number of hydrogen-bond donors (Lipinski definition) is 1. The van der Waals surface area contributed by atoms with Gasteiger partial charge in [-0.25, -0.2) is 8.42 Å². The Hall–Kier alpha value is -3.36. The molecule has 2 amide bonds. The molecular weight excluding hydrogens is 522 g/mol. The van der Waals surface area contributed by atoms with Crippen LogP contribution in [-0.4, -0.2) is 44.3 Å². The number of hydrogen-bond acceptors (Lipinski definition) is 4. The van der Waals surface area contributed by atoms with Gasteiger partial charge in [-0.15, -0.1) is 0 Å². The van der Waals surface area contributed by atoms with Gasteiger partial charge >= 0.3 is 0 Å². The van der Waals surface area contributed by atoms with Crippen molar-refractivity contribution < 1.29 is 18.0 Å². The topological polar surface area (TPSA) is 86.8 Å². The summed E-state index contributed by atoms with van der Waals surface area (Å²) in [5.74, 6) is -0.835. The van der Waals surface area contributed by atoms with E-state index in [1.165, 1.54) is 17.0 Å². The molecule has 0 aliphatic heterocycles.